The van der Waals surface area contributed by atoms with Gasteiger partial charge in [-0.15, -0.1) is 0 Å². The molecule has 0 saturated heterocycles. The van der Waals surface area contributed by atoms with E-state index in [9.17, 15) is 0 Å². The molecule has 0 aliphatic carbocycles. The van der Waals surface area contributed by atoms with Crippen molar-refractivity contribution in [2.75, 3.05) is 6.61 Å². The Bertz CT molecular complexity index is 545. The maximum absolute atomic E-state index is 5.70. The highest BCUT2D eigenvalue weighted by atomic mass is 16.5. The molecule has 1 heterocycles. The third-order valence-electron chi connectivity index (χ3n) is 3.45. The van der Waals surface area contributed by atoms with Crippen molar-refractivity contribution in [3.8, 4) is 5.75 Å². The Morgan fingerprint density at radius 2 is 1.90 bits per heavy atom. The van der Waals surface area contributed by atoms with Gasteiger partial charge in [0.05, 0.1) is 13.2 Å². The second kappa shape index (κ2) is 7.27. The molecule has 114 valence electrons. The third-order valence-corrected chi connectivity index (χ3v) is 3.45. The van der Waals surface area contributed by atoms with E-state index >= 15 is 0 Å². The van der Waals surface area contributed by atoms with Crippen LogP contribution in [-0.4, -0.2) is 16.2 Å². The largest absolute Gasteiger partial charge is 0.493 e. The minimum atomic E-state index is 0.279. The average molecular weight is 287 g/mol. The summed E-state index contributed by atoms with van der Waals surface area (Å²) < 4.78 is 7.73. The SMILES string of the molecule is CC(C)COc1ccc(C(C)NCc2nccn2C)cc1. The molecule has 1 unspecified atom stereocenters. The van der Waals surface area contributed by atoms with Gasteiger partial charge in [-0.2, -0.15) is 0 Å². The van der Waals surface area contributed by atoms with Gasteiger partial charge in [0.25, 0.3) is 0 Å². The van der Waals surface area contributed by atoms with Crippen LogP contribution in [0.5, 0.6) is 5.75 Å². The number of hydrogen-bond acceptors (Lipinski definition) is 3. The van der Waals surface area contributed by atoms with E-state index in [1.165, 1.54) is 5.56 Å². The molecule has 1 atom stereocenters. The lowest BCUT2D eigenvalue weighted by atomic mass is 10.1. The van der Waals surface area contributed by atoms with Crippen LogP contribution in [0.3, 0.4) is 0 Å². The van der Waals surface area contributed by atoms with Crippen LogP contribution in [0.4, 0.5) is 0 Å². The molecule has 2 aromatic rings. The zero-order valence-corrected chi connectivity index (χ0v) is 13.3. The molecule has 1 aromatic heterocycles. The molecule has 0 fully saturated rings. The maximum Gasteiger partial charge on any atom is 0.122 e. The van der Waals surface area contributed by atoms with Gasteiger partial charge in [0.2, 0.25) is 0 Å². The zero-order chi connectivity index (χ0) is 15.2. The average Bonchev–Trinajstić information content (AvgIpc) is 2.88. The highest BCUT2D eigenvalue weighted by Gasteiger charge is 2.07. The highest BCUT2D eigenvalue weighted by molar-refractivity contribution is 5.29. The van der Waals surface area contributed by atoms with Gasteiger partial charge in [-0.3, -0.25) is 0 Å². The fraction of sp³-hybridized carbons (Fsp3) is 0.471. The number of imidazole rings is 1. The molecule has 0 aliphatic heterocycles. The number of ether oxygens (including phenoxy) is 1. The lowest BCUT2D eigenvalue weighted by Gasteiger charge is -2.15. The van der Waals surface area contributed by atoms with E-state index in [0.717, 1.165) is 24.7 Å². The summed E-state index contributed by atoms with van der Waals surface area (Å²) in [6.07, 6.45) is 3.78. The van der Waals surface area contributed by atoms with Crippen molar-refractivity contribution < 1.29 is 4.74 Å². The van der Waals surface area contributed by atoms with Crippen LogP contribution in [0.1, 0.15) is 38.2 Å². The summed E-state index contributed by atoms with van der Waals surface area (Å²) in [4.78, 5) is 4.32. The minimum absolute atomic E-state index is 0.279. The Balaban J connectivity index is 1.87. The number of aromatic nitrogens is 2. The van der Waals surface area contributed by atoms with Crippen LogP contribution in [0.25, 0.3) is 0 Å². The van der Waals surface area contributed by atoms with Gasteiger partial charge >= 0.3 is 0 Å². The van der Waals surface area contributed by atoms with E-state index in [1.54, 1.807) is 0 Å². The number of aryl methyl sites for hydroxylation is 1. The van der Waals surface area contributed by atoms with E-state index < -0.39 is 0 Å². The first-order valence-corrected chi connectivity index (χ1v) is 7.48. The van der Waals surface area contributed by atoms with Crippen LogP contribution in [0.15, 0.2) is 36.7 Å². The monoisotopic (exact) mass is 287 g/mol. The van der Waals surface area contributed by atoms with Crippen molar-refractivity contribution in [1.29, 1.82) is 0 Å². The summed E-state index contributed by atoms with van der Waals surface area (Å²) in [5.74, 6) is 2.52. The summed E-state index contributed by atoms with van der Waals surface area (Å²) in [6, 6.07) is 8.59. The summed E-state index contributed by atoms with van der Waals surface area (Å²) >= 11 is 0. The second-order valence-corrected chi connectivity index (χ2v) is 5.83. The molecule has 2 rings (SSSR count). The summed E-state index contributed by atoms with van der Waals surface area (Å²) in [7, 11) is 2.01. The predicted octanol–water partition coefficient (Wildman–Crippen LogP) is 3.31. The van der Waals surface area contributed by atoms with Gasteiger partial charge < -0.3 is 14.6 Å². The van der Waals surface area contributed by atoms with Crippen LogP contribution in [0, 0.1) is 5.92 Å². The van der Waals surface area contributed by atoms with Crippen molar-refractivity contribution in [2.24, 2.45) is 13.0 Å². The fourth-order valence-corrected chi connectivity index (χ4v) is 2.04. The molecule has 1 aromatic carbocycles. The van der Waals surface area contributed by atoms with Crippen LogP contribution in [-0.2, 0) is 13.6 Å². The molecule has 0 spiro atoms. The van der Waals surface area contributed by atoms with E-state index in [4.69, 9.17) is 4.74 Å². The molecule has 1 N–H and O–H groups in total. The molecule has 0 aliphatic rings. The van der Waals surface area contributed by atoms with Crippen LogP contribution < -0.4 is 10.1 Å². The number of nitrogens with one attached hydrogen (secondary N) is 1. The highest BCUT2D eigenvalue weighted by Crippen LogP contribution is 2.18. The number of nitrogens with zero attached hydrogens (tertiary/aromatic N) is 2. The molecule has 0 saturated carbocycles. The number of rotatable bonds is 7. The van der Waals surface area contributed by atoms with E-state index in [2.05, 4.69) is 43.2 Å². The van der Waals surface area contributed by atoms with E-state index in [0.29, 0.717) is 5.92 Å². The molecule has 0 bridgehead atoms. The standard InChI is InChI=1S/C17H25N3O/c1-13(2)12-21-16-7-5-15(6-8-16)14(3)19-11-17-18-9-10-20(17)4/h5-10,13-14,19H,11-12H2,1-4H3. The van der Waals surface area contributed by atoms with Gasteiger partial charge in [-0.05, 0) is 30.5 Å². The molecular weight excluding hydrogens is 262 g/mol. The van der Waals surface area contributed by atoms with E-state index in [1.807, 2.05) is 36.1 Å². The minimum Gasteiger partial charge on any atom is -0.493 e. The van der Waals surface area contributed by atoms with Gasteiger partial charge in [-0.25, -0.2) is 4.98 Å². The Labute approximate surface area is 127 Å². The second-order valence-electron chi connectivity index (χ2n) is 5.83. The van der Waals surface area contributed by atoms with Crippen molar-refractivity contribution in [3.05, 3.63) is 48.0 Å². The van der Waals surface area contributed by atoms with Gasteiger partial charge in [0, 0.05) is 25.5 Å². The summed E-state index contributed by atoms with van der Waals surface area (Å²) in [5, 5.41) is 3.49. The molecule has 21 heavy (non-hydrogen) atoms. The Morgan fingerprint density at radius 3 is 2.48 bits per heavy atom. The van der Waals surface area contributed by atoms with Crippen molar-refractivity contribution in [1.82, 2.24) is 14.9 Å². The van der Waals surface area contributed by atoms with Gasteiger partial charge in [-0.1, -0.05) is 26.0 Å². The smallest absolute Gasteiger partial charge is 0.122 e. The topological polar surface area (TPSA) is 39.1 Å². The Kier molecular flexibility index (Phi) is 5.39. The first-order chi connectivity index (χ1) is 10.1. The van der Waals surface area contributed by atoms with Crippen molar-refractivity contribution in [3.63, 3.8) is 0 Å². The Morgan fingerprint density at radius 1 is 1.19 bits per heavy atom. The molecule has 4 heteroatoms. The fourth-order valence-electron chi connectivity index (χ4n) is 2.04. The summed E-state index contributed by atoms with van der Waals surface area (Å²) in [5.41, 5.74) is 1.25. The zero-order valence-electron chi connectivity index (χ0n) is 13.3. The maximum atomic E-state index is 5.70. The van der Waals surface area contributed by atoms with Crippen molar-refractivity contribution in [2.45, 2.75) is 33.4 Å². The normalized spacial score (nSPS) is 12.6. The lowest BCUT2D eigenvalue weighted by molar-refractivity contribution is 0.271. The Hall–Kier alpha value is -1.81. The molecule has 4 nitrogen and oxygen atoms in total. The predicted molar refractivity (Wildman–Crippen MR) is 85.2 cm³/mol. The van der Waals surface area contributed by atoms with E-state index in [-0.39, 0.29) is 6.04 Å². The first kappa shape index (κ1) is 15.6. The number of benzene rings is 1. The molecule has 0 radical (unpaired) electrons. The molecule has 0 amide bonds. The number of hydrogen-bond donors (Lipinski definition) is 1. The first-order valence-electron chi connectivity index (χ1n) is 7.48. The van der Waals surface area contributed by atoms with Crippen LogP contribution in [0.2, 0.25) is 0 Å². The quantitative estimate of drug-likeness (QED) is 0.849. The van der Waals surface area contributed by atoms with Gasteiger partial charge in [0.15, 0.2) is 0 Å². The summed E-state index contributed by atoms with van der Waals surface area (Å²) in [6.45, 7) is 7.98. The lowest BCUT2D eigenvalue weighted by Crippen LogP contribution is -2.20. The third kappa shape index (κ3) is 4.60. The van der Waals surface area contributed by atoms with Crippen molar-refractivity contribution >= 4 is 0 Å². The molecular formula is C17H25N3O. The van der Waals surface area contributed by atoms with Crippen LogP contribution >= 0.6 is 0 Å². The van der Waals surface area contributed by atoms with Gasteiger partial charge in [0.1, 0.15) is 11.6 Å².